The second-order valence-corrected chi connectivity index (χ2v) is 8.32. The molecule has 7 heteroatoms. The van der Waals surface area contributed by atoms with Gasteiger partial charge in [-0.25, -0.2) is 9.67 Å². The van der Waals surface area contributed by atoms with Gasteiger partial charge in [-0.1, -0.05) is 30.3 Å². The van der Waals surface area contributed by atoms with Crippen LogP contribution in [-0.2, 0) is 11.3 Å². The molecular weight excluding hydrogens is 404 g/mol. The van der Waals surface area contributed by atoms with Crippen LogP contribution in [0.25, 0.3) is 22.3 Å². The number of furan rings is 1. The molecule has 1 aromatic carbocycles. The maximum atomic E-state index is 13.3. The van der Waals surface area contributed by atoms with Crippen LogP contribution in [0, 0.1) is 5.92 Å². The number of nitrogens with zero attached hydrogens (tertiary/aromatic N) is 3. The third-order valence-corrected chi connectivity index (χ3v) is 5.95. The number of carbonyl (C=O) groups excluding carboxylic acids is 1. The molecule has 2 atom stereocenters. The van der Waals surface area contributed by atoms with Crippen LogP contribution < -0.4 is 5.32 Å². The van der Waals surface area contributed by atoms with E-state index in [1.165, 1.54) is 0 Å². The van der Waals surface area contributed by atoms with Crippen molar-refractivity contribution in [3.63, 3.8) is 0 Å². The lowest BCUT2D eigenvalue weighted by molar-refractivity contribution is 0.00302. The molecule has 1 amide bonds. The van der Waals surface area contributed by atoms with Gasteiger partial charge in [-0.05, 0) is 43.9 Å². The van der Waals surface area contributed by atoms with Gasteiger partial charge in [0.05, 0.1) is 35.2 Å². The number of amides is 1. The van der Waals surface area contributed by atoms with Crippen LogP contribution in [0.15, 0.2) is 65.4 Å². The average Bonchev–Trinajstić information content (AvgIpc) is 3.48. The van der Waals surface area contributed by atoms with E-state index in [1.54, 1.807) is 17.1 Å². The highest BCUT2D eigenvalue weighted by molar-refractivity contribution is 6.06. The molecule has 32 heavy (non-hydrogen) atoms. The second-order valence-electron chi connectivity index (χ2n) is 8.32. The van der Waals surface area contributed by atoms with Crippen molar-refractivity contribution >= 4 is 16.9 Å². The van der Waals surface area contributed by atoms with Crippen molar-refractivity contribution in [2.45, 2.75) is 32.4 Å². The van der Waals surface area contributed by atoms with Crippen molar-refractivity contribution in [1.29, 1.82) is 0 Å². The first-order valence-electron chi connectivity index (χ1n) is 11.0. The Balaban J connectivity index is 1.48. The zero-order valence-corrected chi connectivity index (χ0v) is 18.0. The Bertz CT molecular complexity index is 1200. The highest BCUT2D eigenvalue weighted by Crippen LogP contribution is 2.26. The summed E-state index contributed by atoms with van der Waals surface area (Å²) >= 11 is 0. The maximum absolute atomic E-state index is 13.3. The van der Waals surface area contributed by atoms with E-state index in [2.05, 4.69) is 17.3 Å². The molecule has 5 rings (SSSR count). The number of nitrogens with one attached hydrogen (secondary N) is 1. The van der Waals surface area contributed by atoms with Crippen molar-refractivity contribution in [2.24, 2.45) is 5.92 Å². The number of ether oxygens (including phenoxy) is 1. The molecule has 1 N–H and O–H groups in total. The normalized spacial score (nSPS) is 18.7. The highest BCUT2D eigenvalue weighted by atomic mass is 16.5. The van der Waals surface area contributed by atoms with Gasteiger partial charge in [0, 0.05) is 18.7 Å². The molecule has 7 nitrogen and oxygen atoms in total. The maximum Gasteiger partial charge on any atom is 0.252 e. The standard InChI is InChI=1S/C25H26N4O3/c1-17-12-18(9-11-31-17)14-26-25(30)21-13-23(19-6-3-2-4-7-19)28-24-22(21)15-27-29(24)16-20-8-5-10-32-20/h2-8,10,13,15,17-18H,9,11-12,14,16H2,1H3,(H,26,30)/t17-,18-/m0/s1. The molecule has 1 aliphatic rings. The van der Waals surface area contributed by atoms with Crippen molar-refractivity contribution in [3.05, 3.63) is 72.3 Å². The zero-order chi connectivity index (χ0) is 21.9. The lowest BCUT2D eigenvalue weighted by atomic mass is 9.96. The summed E-state index contributed by atoms with van der Waals surface area (Å²) in [6.07, 6.45) is 5.52. The molecule has 1 fully saturated rings. The van der Waals surface area contributed by atoms with Crippen molar-refractivity contribution < 1.29 is 13.9 Å². The zero-order valence-electron chi connectivity index (χ0n) is 18.0. The van der Waals surface area contributed by atoms with Crippen molar-refractivity contribution in [1.82, 2.24) is 20.1 Å². The Kier molecular flexibility index (Phi) is 5.73. The summed E-state index contributed by atoms with van der Waals surface area (Å²) in [6.45, 7) is 3.92. The molecular formula is C25H26N4O3. The SMILES string of the molecule is C[C@H]1C[C@@H](CNC(=O)c2cc(-c3ccccc3)nc3c2cnn3Cc2ccco2)CCO1. The number of aromatic nitrogens is 3. The van der Waals surface area contributed by atoms with Gasteiger partial charge in [-0.3, -0.25) is 4.79 Å². The lowest BCUT2D eigenvalue weighted by Crippen LogP contribution is -2.34. The number of carbonyl (C=O) groups is 1. The number of benzene rings is 1. The number of fused-ring (bicyclic) bond motifs is 1. The monoisotopic (exact) mass is 430 g/mol. The predicted molar refractivity (Wildman–Crippen MR) is 121 cm³/mol. The summed E-state index contributed by atoms with van der Waals surface area (Å²) < 4.78 is 12.9. The van der Waals surface area contributed by atoms with Gasteiger partial charge in [-0.15, -0.1) is 0 Å². The van der Waals surface area contributed by atoms with Gasteiger partial charge in [0.15, 0.2) is 5.65 Å². The quantitative estimate of drug-likeness (QED) is 0.494. The molecule has 164 valence electrons. The Morgan fingerprint density at radius 3 is 2.88 bits per heavy atom. The van der Waals surface area contributed by atoms with Crippen LogP contribution in [0.1, 0.15) is 35.9 Å². The third-order valence-electron chi connectivity index (χ3n) is 5.95. The minimum absolute atomic E-state index is 0.105. The number of hydrogen-bond donors (Lipinski definition) is 1. The molecule has 0 unspecified atom stereocenters. The van der Waals surface area contributed by atoms with Gasteiger partial charge in [0.25, 0.3) is 5.91 Å². The fraction of sp³-hybridized carbons (Fsp3) is 0.320. The molecule has 1 aliphatic heterocycles. The lowest BCUT2D eigenvalue weighted by Gasteiger charge is -2.27. The number of hydrogen-bond acceptors (Lipinski definition) is 5. The second kappa shape index (κ2) is 8.96. The molecule has 4 heterocycles. The Labute approximate surface area is 186 Å². The van der Waals surface area contributed by atoms with Gasteiger partial charge in [-0.2, -0.15) is 5.10 Å². The largest absolute Gasteiger partial charge is 0.467 e. The van der Waals surface area contributed by atoms with Gasteiger partial charge in [0.2, 0.25) is 0 Å². The minimum Gasteiger partial charge on any atom is -0.467 e. The first-order valence-corrected chi connectivity index (χ1v) is 11.0. The third kappa shape index (κ3) is 4.29. The van der Waals surface area contributed by atoms with Crippen LogP contribution >= 0.6 is 0 Å². The summed E-state index contributed by atoms with van der Waals surface area (Å²) in [6, 6.07) is 15.5. The minimum atomic E-state index is -0.105. The first kappa shape index (κ1) is 20.5. The molecule has 0 radical (unpaired) electrons. The molecule has 1 saturated heterocycles. The number of rotatable bonds is 6. The van der Waals surface area contributed by atoms with E-state index in [0.717, 1.165) is 41.9 Å². The Morgan fingerprint density at radius 2 is 2.09 bits per heavy atom. The number of pyridine rings is 1. The van der Waals surface area contributed by atoms with E-state index in [0.29, 0.717) is 30.2 Å². The van der Waals surface area contributed by atoms with Crippen LogP contribution in [0.4, 0.5) is 0 Å². The summed E-state index contributed by atoms with van der Waals surface area (Å²) in [4.78, 5) is 18.1. The van der Waals surface area contributed by atoms with E-state index in [-0.39, 0.29) is 12.0 Å². The van der Waals surface area contributed by atoms with Gasteiger partial charge < -0.3 is 14.5 Å². The van der Waals surface area contributed by atoms with E-state index in [1.807, 2.05) is 48.5 Å². The molecule has 0 bridgehead atoms. The summed E-state index contributed by atoms with van der Waals surface area (Å²) in [5.41, 5.74) is 2.93. The van der Waals surface area contributed by atoms with Crippen LogP contribution in [0.3, 0.4) is 0 Å². The topological polar surface area (TPSA) is 82.2 Å². The van der Waals surface area contributed by atoms with Crippen molar-refractivity contribution in [3.8, 4) is 11.3 Å². The smallest absolute Gasteiger partial charge is 0.252 e. The molecule has 3 aromatic heterocycles. The van der Waals surface area contributed by atoms with E-state index in [4.69, 9.17) is 14.1 Å². The van der Waals surface area contributed by atoms with Crippen molar-refractivity contribution in [2.75, 3.05) is 13.2 Å². The fourth-order valence-electron chi connectivity index (χ4n) is 4.27. The fourth-order valence-corrected chi connectivity index (χ4v) is 4.27. The molecule has 0 aliphatic carbocycles. The van der Waals surface area contributed by atoms with Crippen LogP contribution in [0.2, 0.25) is 0 Å². The molecule has 4 aromatic rings. The van der Waals surface area contributed by atoms with Gasteiger partial charge in [0.1, 0.15) is 12.3 Å². The predicted octanol–water partition coefficient (Wildman–Crippen LogP) is 4.28. The molecule has 0 spiro atoms. The highest BCUT2D eigenvalue weighted by Gasteiger charge is 2.22. The van der Waals surface area contributed by atoms with E-state index < -0.39 is 0 Å². The Morgan fingerprint density at radius 1 is 1.22 bits per heavy atom. The molecule has 0 saturated carbocycles. The van der Waals surface area contributed by atoms with Crippen LogP contribution in [-0.4, -0.2) is 39.9 Å². The van der Waals surface area contributed by atoms with Crippen LogP contribution in [0.5, 0.6) is 0 Å². The van der Waals surface area contributed by atoms with E-state index >= 15 is 0 Å². The first-order chi connectivity index (χ1) is 15.7. The summed E-state index contributed by atoms with van der Waals surface area (Å²) in [5, 5.41) is 8.37. The summed E-state index contributed by atoms with van der Waals surface area (Å²) in [7, 11) is 0. The van der Waals surface area contributed by atoms with E-state index in [9.17, 15) is 4.79 Å². The van der Waals surface area contributed by atoms with Gasteiger partial charge >= 0.3 is 0 Å². The average molecular weight is 431 g/mol. The summed E-state index contributed by atoms with van der Waals surface area (Å²) in [5.74, 6) is 1.10. The Hall–Kier alpha value is -3.45.